The molecule has 0 aromatic carbocycles. The summed E-state index contributed by atoms with van der Waals surface area (Å²) < 4.78 is 10.9. The van der Waals surface area contributed by atoms with E-state index in [1.165, 1.54) is 0 Å². The quantitative estimate of drug-likeness (QED) is 0.465. The largest absolute Gasteiger partial charge is 0.381 e. The van der Waals surface area contributed by atoms with Crippen LogP contribution in [-0.2, 0) is 14.3 Å². The molecule has 0 aromatic heterocycles. The Labute approximate surface area is 117 Å². The van der Waals surface area contributed by atoms with Gasteiger partial charge in [-0.3, -0.25) is 4.79 Å². The number of carbonyl (C=O) groups is 1. The van der Waals surface area contributed by atoms with E-state index in [4.69, 9.17) is 20.9 Å². The van der Waals surface area contributed by atoms with E-state index >= 15 is 0 Å². The minimum Gasteiger partial charge on any atom is -0.381 e. The van der Waals surface area contributed by atoms with Gasteiger partial charge in [-0.1, -0.05) is 0 Å². The first kappa shape index (κ1) is 18.5. The molecule has 19 heavy (non-hydrogen) atoms. The standard InChI is InChI=1S/C14H30N2O3/c1-13(16)14(17)7-2-3-9-18-10-4-5-11-19-12-6-8-15/h13H,2-12,15-16H2,1H3. The molecular weight excluding hydrogens is 244 g/mol. The molecule has 5 heteroatoms. The van der Waals surface area contributed by atoms with E-state index in [0.717, 1.165) is 58.5 Å². The Morgan fingerprint density at radius 2 is 1.42 bits per heavy atom. The summed E-state index contributed by atoms with van der Waals surface area (Å²) in [5.41, 5.74) is 10.8. The molecule has 114 valence electrons. The maximum absolute atomic E-state index is 11.2. The van der Waals surface area contributed by atoms with Gasteiger partial charge >= 0.3 is 0 Å². The highest BCUT2D eigenvalue weighted by atomic mass is 16.5. The van der Waals surface area contributed by atoms with E-state index in [9.17, 15) is 4.79 Å². The van der Waals surface area contributed by atoms with Crippen LogP contribution in [0.25, 0.3) is 0 Å². The molecule has 0 aliphatic rings. The van der Waals surface area contributed by atoms with Crippen molar-refractivity contribution in [3.63, 3.8) is 0 Å². The van der Waals surface area contributed by atoms with Crippen LogP contribution in [0.3, 0.4) is 0 Å². The molecular formula is C14H30N2O3. The van der Waals surface area contributed by atoms with Gasteiger partial charge in [0.05, 0.1) is 6.04 Å². The summed E-state index contributed by atoms with van der Waals surface area (Å²) >= 11 is 0. The van der Waals surface area contributed by atoms with Crippen molar-refractivity contribution < 1.29 is 14.3 Å². The van der Waals surface area contributed by atoms with E-state index in [-0.39, 0.29) is 11.8 Å². The lowest BCUT2D eigenvalue weighted by molar-refractivity contribution is -0.120. The zero-order valence-corrected chi connectivity index (χ0v) is 12.2. The third-order valence-electron chi connectivity index (χ3n) is 2.79. The summed E-state index contributed by atoms with van der Waals surface area (Å²) in [6, 6.07) is -0.333. The van der Waals surface area contributed by atoms with Crippen molar-refractivity contribution in [3.05, 3.63) is 0 Å². The SMILES string of the molecule is CC(N)C(=O)CCCCOCCCCOCCCN. The fourth-order valence-corrected chi connectivity index (χ4v) is 1.53. The van der Waals surface area contributed by atoms with Crippen LogP contribution in [0.5, 0.6) is 0 Å². The van der Waals surface area contributed by atoms with Crippen molar-refractivity contribution >= 4 is 5.78 Å². The lowest BCUT2D eigenvalue weighted by Gasteiger charge is -2.06. The van der Waals surface area contributed by atoms with Crippen molar-refractivity contribution in [2.24, 2.45) is 11.5 Å². The second-order valence-corrected chi connectivity index (χ2v) is 4.79. The summed E-state index contributed by atoms with van der Waals surface area (Å²) in [4.78, 5) is 11.2. The summed E-state index contributed by atoms with van der Waals surface area (Å²) in [6.45, 7) is 5.45. The van der Waals surface area contributed by atoms with Gasteiger partial charge in [0, 0.05) is 32.8 Å². The van der Waals surface area contributed by atoms with Crippen LogP contribution in [0.15, 0.2) is 0 Å². The zero-order valence-electron chi connectivity index (χ0n) is 12.2. The number of nitrogens with two attached hydrogens (primary N) is 2. The number of carbonyl (C=O) groups excluding carboxylic acids is 1. The van der Waals surface area contributed by atoms with Gasteiger partial charge in [-0.2, -0.15) is 0 Å². The van der Waals surface area contributed by atoms with Crippen molar-refractivity contribution in [1.82, 2.24) is 0 Å². The maximum Gasteiger partial charge on any atom is 0.149 e. The molecule has 0 fully saturated rings. The van der Waals surface area contributed by atoms with Crippen LogP contribution >= 0.6 is 0 Å². The molecule has 0 bridgehead atoms. The number of hydrogen-bond acceptors (Lipinski definition) is 5. The molecule has 0 aliphatic carbocycles. The van der Waals surface area contributed by atoms with Crippen LogP contribution < -0.4 is 11.5 Å². The molecule has 1 unspecified atom stereocenters. The second-order valence-electron chi connectivity index (χ2n) is 4.79. The molecule has 0 saturated heterocycles. The van der Waals surface area contributed by atoms with Gasteiger partial charge in [-0.15, -0.1) is 0 Å². The average molecular weight is 274 g/mol. The Balaban J connectivity index is 3.05. The van der Waals surface area contributed by atoms with Crippen LogP contribution in [0.1, 0.15) is 45.4 Å². The number of rotatable bonds is 14. The zero-order chi connectivity index (χ0) is 14.3. The number of unbranched alkanes of at least 4 members (excludes halogenated alkanes) is 2. The fourth-order valence-electron chi connectivity index (χ4n) is 1.53. The average Bonchev–Trinajstić information content (AvgIpc) is 2.39. The Kier molecular flexibility index (Phi) is 13.6. The summed E-state index contributed by atoms with van der Waals surface area (Å²) in [5, 5.41) is 0. The summed E-state index contributed by atoms with van der Waals surface area (Å²) in [6.07, 6.45) is 5.32. The highest BCUT2D eigenvalue weighted by Gasteiger charge is 2.06. The molecule has 0 heterocycles. The normalized spacial score (nSPS) is 12.6. The molecule has 0 saturated carbocycles. The molecule has 0 rings (SSSR count). The predicted octanol–water partition coefficient (Wildman–Crippen LogP) is 1.24. The van der Waals surface area contributed by atoms with Gasteiger partial charge in [0.15, 0.2) is 0 Å². The van der Waals surface area contributed by atoms with Crippen molar-refractivity contribution in [2.75, 3.05) is 33.0 Å². The summed E-state index contributed by atoms with van der Waals surface area (Å²) in [5.74, 6) is 0.134. The smallest absolute Gasteiger partial charge is 0.149 e. The van der Waals surface area contributed by atoms with E-state index < -0.39 is 0 Å². The van der Waals surface area contributed by atoms with Gasteiger partial charge in [0.25, 0.3) is 0 Å². The lowest BCUT2D eigenvalue weighted by atomic mass is 10.1. The lowest BCUT2D eigenvalue weighted by Crippen LogP contribution is -2.26. The monoisotopic (exact) mass is 274 g/mol. The highest BCUT2D eigenvalue weighted by Crippen LogP contribution is 2.00. The van der Waals surface area contributed by atoms with E-state index in [1.54, 1.807) is 6.92 Å². The first-order chi connectivity index (χ1) is 9.18. The molecule has 0 spiro atoms. The van der Waals surface area contributed by atoms with Gasteiger partial charge < -0.3 is 20.9 Å². The van der Waals surface area contributed by atoms with E-state index in [0.29, 0.717) is 13.0 Å². The van der Waals surface area contributed by atoms with Crippen LogP contribution in [0, 0.1) is 0 Å². The van der Waals surface area contributed by atoms with Crippen molar-refractivity contribution in [1.29, 1.82) is 0 Å². The van der Waals surface area contributed by atoms with Crippen LogP contribution in [0.4, 0.5) is 0 Å². The maximum atomic E-state index is 11.2. The van der Waals surface area contributed by atoms with Gasteiger partial charge in [0.1, 0.15) is 5.78 Å². The van der Waals surface area contributed by atoms with Gasteiger partial charge in [-0.25, -0.2) is 0 Å². The van der Waals surface area contributed by atoms with E-state index in [2.05, 4.69) is 0 Å². The van der Waals surface area contributed by atoms with Crippen LogP contribution in [-0.4, -0.2) is 44.8 Å². The first-order valence-corrected chi connectivity index (χ1v) is 7.32. The Morgan fingerprint density at radius 3 is 1.89 bits per heavy atom. The Hall–Kier alpha value is -0.490. The summed E-state index contributed by atoms with van der Waals surface area (Å²) in [7, 11) is 0. The molecule has 5 nitrogen and oxygen atoms in total. The molecule has 4 N–H and O–H groups in total. The Morgan fingerprint density at radius 1 is 0.947 bits per heavy atom. The molecule has 0 radical (unpaired) electrons. The second kappa shape index (κ2) is 13.9. The van der Waals surface area contributed by atoms with Crippen molar-refractivity contribution in [2.45, 2.75) is 51.5 Å². The highest BCUT2D eigenvalue weighted by molar-refractivity contribution is 5.83. The first-order valence-electron chi connectivity index (χ1n) is 7.32. The van der Waals surface area contributed by atoms with Crippen molar-refractivity contribution in [3.8, 4) is 0 Å². The predicted molar refractivity (Wildman–Crippen MR) is 77.1 cm³/mol. The fraction of sp³-hybridized carbons (Fsp3) is 0.929. The van der Waals surface area contributed by atoms with Crippen LogP contribution in [0.2, 0.25) is 0 Å². The topological polar surface area (TPSA) is 87.6 Å². The molecule has 0 amide bonds. The third-order valence-corrected chi connectivity index (χ3v) is 2.79. The number of ketones is 1. The Bertz CT molecular complexity index is 211. The number of ether oxygens (including phenoxy) is 2. The minimum absolute atomic E-state index is 0.134. The van der Waals surface area contributed by atoms with E-state index in [1.807, 2.05) is 0 Å². The minimum atomic E-state index is -0.333. The van der Waals surface area contributed by atoms with Gasteiger partial charge in [-0.05, 0) is 45.6 Å². The van der Waals surface area contributed by atoms with Gasteiger partial charge in [0.2, 0.25) is 0 Å². The molecule has 1 atom stereocenters. The molecule has 0 aromatic rings. The third kappa shape index (κ3) is 13.7. The molecule has 0 aliphatic heterocycles. The number of hydrogen-bond donors (Lipinski definition) is 2. The number of Topliss-reactive ketones (excluding diaryl/α,β-unsaturated/α-hetero) is 1.